The van der Waals surface area contributed by atoms with E-state index in [1.807, 2.05) is 0 Å². The summed E-state index contributed by atoms with van der Waals surface area (Å²) in [6.45, 7) is 8.10. The molecule has 2 aromatic rings. The number of aryl methyl sites for hydroxylation is 3. The van der Waals surface area contributed by atoms with E-state index in [9.17, 15) is 0 Å². The lowest BCUT2D eigenvalue weighted by Crippen LogP contribution is -2.46. The van der Waals surface area contributed by atoms with E-state index in [0.717, 1.165) is 13.1 Å². The summed E-state index contributed by atoms with van der Waals surface area (Å²) in [5.41, 5.74) is 7.64. The molecule has 0 unspecified atom stereocenters. The molecule has 1 saturated heterocycles. The SMILES string of the molecule is Cc1ccc(N2CCN(CCCc3cn(C)c4c3CCCC4)CC2)cc1. The Hall–Kier alpha value is -1.74. The van der Waals surface area contributed by atoms with Crippen LogP contribution in [-0.2, 0) is 26.3 Å². The molecule has 0 spiro atoms. The molecule has 1 aromatic carbocycles. The molecule has 2 aliphatic rings. The largest absolute Gasteiger partial charge is 0.369 e. The Morgan fingerprint density at radius 1 is 0.923 bits per heavy atom. The van der Waals surface area contributed by atoms with Crippen LogP contribution in [0.3, 0.4) is 0 Å². The molecule has 1 aromatic heterocycles. The smallest absolute Gasteiger partial charge is 0.0367 e. The molecule has 1 aliphatic carbocycles. The standard InChI is InChI=1S/C23H33N3/c1-19-9-11-21(12-10-19)26-16-14-25(15-17-26)13-5-6-20-18-24(2)23-8-4-3-7-22(20)23/h9-12,18H,3-8,13-17H2,1-2H3. The number of hydrogen-bond acceptors (Lipinski definition) is 2. The van der Waals surface area contributed by atoms with Gasteiger partial charge in [0, 0.05) is 50.8 Å². The van der Waals surface area contributed by atoms with E-state index in [2.05, 4.69) is 58.8 Å². The summed E-state index contributed by atoms with van der Waals surface area (Å²) >= 11 is 0. The normalized spacial score (nSPS) is 18.2. The second-order valence-corrected chi connectivity index (χ2v) is 8.17. The summed E-state index contributed by atoms with van der Waals surface area (Å²) in [6, 6.07) is 8.98. The van der Waals surface area contributed by atoms with Crippen molar-refractivity contribution >= 4 is 5.69 Å². The summed E-state index contributed by atoms with van der Waals surface area (Å²) in [5.74, 6) is 0. The van der Waals surface area contributed by atoms with Gasteiger partial charge in [0.2, 0.25) is 0 Å². The molecule has 1 fully saturated rings. The van der Waals surface area contributed by atoms with Crippen LogP contribution >= 0.6 is 0 Å². The second kappa shape index (κ2) is 7.87. The van der Waals surface area contributed by atoms with Crippen LogP contribution in [0.25, 0.3) is 0 Å². The van der Waals surface area contributed by atoms with Crippen molar-refractivity contribution in [3.63, 3.8) is 0 Å². The maximum atomic E-state index is 2.65. The van der Waals surface area contributed by atoms with Gasteiger partial charge in [-0.15, -0.1) is 0 Å². The zero-order valence-corrected chi connectivity index (χ0v) is 16.5. The fourth-order valence-electron chi connectivity index (χ4n) is 4.71. The van der Waals surface area contributed by atoms with Crippen LogP contribution in [0.15, 0.2) is 30.5 Å². The van der Waals surface area contributed by atoms with Crippen LogP contribution in [0.1, 0.15) is 41.6 Å². The molecule has 0 amide bonds. The summed E-state index contributed by atoms with van der Waals surface area (Å²) in [4.78, 5) is 5.18. The molecular weight excluding hydrogens is 318 g/mol. The van der Waals surface area contributed by atoms with Gasteiger partial charge in [-0.1, -0.05) is 17.7 Å². The van der Waals surface area contributed by atoms with E-state index in [-0.39, 0.29) is 0 Å². The molecule has 26 heavy (non-hydrogen) atoms. The Bertz CT molecular complexity index is 721. The van der Waals surface area contributed by atoms with Gasteiger partial charge in [-0.2, -0.15) is 0 Å². The van der Waals surface area contributed by atoms with Crippen molar-refractivity contribution in [1.29, 1.82) is 0 Å². The topological polar surface area (TPSA) is 11.4 Å². The lowest BCUT2D eigenvalue weighted by molar-refractivity contribution is 0.255. The van der Waals surface area contributed by atoms with Crippen molar-refractivity contribution in [2.75, 3.05) is 37.6 Å². The van der Waals surface area contributed by atoms with Gasteiger partial charge >= 0.3 is 0 Å². The molecule has 3 heteroatoms. The van der Waals surface area contributed by atoms with Gasteiger partial charge in [0.25, 0.3) is 0 Å². The van der Waals surface area contributed by atoms with E-state index in [0.29, 0.717) is 0 Å². The van der Waals surface area contributed by atoms with E-state index in [1.54, 1.807) is 16.8 Å². The summed E-state index contributed by atoms with van der Waals surface area (Å²) in [6.07, 6.45) is 10.3. The van der Waals surface area contributed by atoms with Gasteiger partial charge in [-0.05, 0) is 75.3 Å². The first-order valence-corrected chi connectivity index (χ1v) is 10.4. The molecule has 0 saturated carbocycles. The highest BCUT2D eigenvalue weighted by Crippen LogP contribution is 2.26. The van der Waals surface area contributed by atoms with Crippen LogP contribution in [0, 0.1) is 6.92 Å². The Morgan fingerprint density at radius 3 is 2.42 bits per heavy atom. The third-order valence-electron chi connectivity index (χ3n) is 6.29. The van der Waals surface area contributed by atoms with Gasteiger partial charge in [-0.3, -0.25) is 4.90 Å². The van der Waals surface area contributed by atoms with E-state index >= 15 is 0 Å². The van der Waals surface area contributed by atoms with Gasteiger partial charge in [0.1, 0.15) is 0 Å². The monoisotopic (exact) mass is 351 g/mol. The third kappa shape index (κ3) is 3.83. The zero-order chi connectivity index (χ0) is 17.9. The van der Waals surface area contributed by atoms with Crippen LogP contribution < -0.4 is 4.90 Å². The Balaban J connectivity index is 1.25. The molecule has 0 radical (unpaired) electrons. The lowest BCUT2D eigenvalue weighted by Gasteiger charge is -2.36. The average molecular weight is 352 g/mol. The van der Waals surface area contributed by atoms with Gasteiger partial charge in [0.05, 0.1) is 0 Å². The number of hydrogen-bond donors (Lipinski definition) is 0. The summed E-state index contributed by atoms with van der Waals surface area (Å²) < 4.78 is 2.39. The molecule has 0 N–H and O–H groups in total. The highest BCUT2D eigenvalue weighted by molar-refractivity contribution is 5.47. The van der Waals surface area contributed by atoms with Gasteiger partial charge < -0.3 is 9.47 Å². The highest BCUT2D eigenvalue weighted by Gasteiger charge is 2.19. The molecule has 1 aliphatic heterocycles. The number of nitrogens with zero attached hydrogens (tertiary/aromatic N) is 3. The maximum Gasteiger partial charge on any atom is 0.0367 e. The van der Waals surface area contributed by atoms with Crippen molar-refractivity contribution in [3.8, 4) is 0 Å². The number of anilines is 1. The van der Waals surface area contributed by atoms with Crippen LogP contribution in [0.5, 0.6) is 0 Å². The zero-order valence-electron chi connectivity index (χ0n) is 16.5. The maximum absolute atomic E-state index is 2.65. The predicted octanol–water partition coefficient (Wildman–Crippen LogP) is 3.97. The fourth-order valence-corrected chi connectivity index (χ4v) is 4.71. The average Bonchev–Trinajstić information content (AvgIpc) is 2.99. The first kappa shape index (κ1) is 17.7. The van der Waals surface area contributed by atoms with Gasteiger partial charge in [-0.25, -0.2) is 0 Å². The van der Waals surface area contributed by atoms with Crippen molar-refractivity contribution < 1.29 is 0 Å². The molecule has 3 nitrogen and oxygen atoms in total. The molecular formula is C23H33N3. The number of aromatic nitrogens is 1. The van der Waals surface area contributed by atoms with Crippen molar-refractivity contribution in [1.82, 2.24) is 9.47 Å². The fraction of sp³-hybridized carbons (Fsp3) is 0.565. The van der Waals surface area contributed by atoms with E-state index < -0.39 is 0 Å². The van der Waals surface area contributed by atoms with Gasteiger partial charge in [0.15, 0.2) is 0 Å². The van der Waals surface area contributed by atoms with Crippen LogP contribution in [-0.4, -0.2) is 42.2 Å². The minimum Gasteiger partial charge on any atom is -0.369 e. The first-order chi connectivity index (χ1) is 12.7. The molecule has 4 rings (SSSR count). The summed E-state index contributed by atoms with van der Waals surface area (Å²) in [5, 5.41) is 0. The number of piperazine rings is 1. The number of rotatable bonds is 5. The summed E-state index contributed by atoms with van der Waals surface area (Å²) in [7, 11) is 2.23. The quantitative estimate of drug-likeness (QED) is 0.808. The Morgan fingerprint density at radius 2 is 1.65 bits per heavy atom. The van der Waals surface area contributed by atoms with Crippen molar-refractivity contribution in [2.45, 2.75) is 45.4 Å². The van der Waals surface area contributed by atoms with E-state index in [4.69, 9.17) is 0 Å². The van der Waals surface area contributed by atoms with Crippen LogP contribution in [0.2, 0.25) is 0 Å². The molecule has 140 valence electrons. The minimum absolute atomic E-state index is 1.16. The van der Waals surface area contributed by atoms with Crippen molar-refractivity contribution in [2.24, 2.45) is 7.05 Å². The highest BCUT2D eigenvalue weighted by atomic mass is 15.3. The first-order valence-electron chi connectivity index (χ1n) is 10.4. The molecule has 0 atom stereocenters. The Labute approximate surface area is 158 Å². The predicted molar refractivity (Wildman–Crippen MR) is 110 cm³/mol. The lowest BCUT2D eigenvalue weighted by atomic mass is 9.93. The Kier molecular flexibility index (Phi) is 5.35. The molecule has 2 heterocycles. The minimum atomic E-state index is 1.16. The van der Waals surface area contributed by atoms with E-state index in [1.165, 1.54) is 69.4 Å². The number of benzene rings is 1. The number of fused-ring (bicyclic) bond motifs is 1. The third-order valence-corrected chi connectivity index (χ3v) is 6.29. The molecule has 0 bridgehead atoms. The van der Waals surface area contributed by atoms with Crippen LogP contribution in [0.4, 0.5) is 5.69 Å². The second-order valence-electron chi connectivity index (χ2n) is 8.17. The van der Waals surface area contributed by atoms with Crippen molar-refractivity contribution in [3.05, 3.63) is 52.8 Å².